The van der Waals surface area contributed by atoms with E-state index in [2.05, 4.69) is 10.3 Å². The van der Waals surface area contributed by atoms with Gasteiger partial charge in [0.05, 0.1) is 18.6 Å². The largest absolute Gasteiger partial charge is 0.329 e. The van der Waals surface area contributed by atoms with Crippen LogP contribution in [0.3, 0.4) is 0 Å². The zero-order valence-corrected chi connectivity index (χ0v) is 7.50. The van der Waals surface area contributed by atoms with Crippen molar-refractivity contribution < 1.29 is 9.59 Å². The van der Waals surface area contributed by atoms with Crippen LogP contribution in [0.15, 0.2) is 11.7 Å². The van der Waals surface area contributed by atoms with Crippen molar-refractivity contribution in [2.24, 2.45) is 0 Å². The molecule has 0 spiro atoms. The summed E-state index contributed by atoms with van der Waals surface area (Å²) in [6.07, 6.45) is 1.66. The van der Waals surface area contributed by atoms with E-state index in [-0.39, 0.29) is 18.5 Å². The minimum atomic E-state index is -0.321. The molecule has 3 amide bonds. The van der Waals surface area contributed by atoms with Gasteiger partial charge in [0.1, 0.15) is 0 Å². The molecule has 2 heterocycles. The minimum absolute atomic E-state index is 0.109. The summed E-state index contributed by atoms with van der Waals surface area (Å²) >= 11 is 1.43. The first-order valence-electron chi connectivity index (χ1n) is 3.73. The van der Waals surface area contributed by atoms with Gasteiger partial charge in [-0.05, 0) is 0 Å². The number of carbonyl (C=O) groups is 2. The van der Waals surface area contributed by atoms with Gasteiger partial charge in [-0.15, -0.1) is 11.3 Å². The maximum Gasteiger partial charge on any atom is 0.324 e. The van der Waals surface area contributed by atoms with Gasteiger partial charge in [0.15, 0.2) is 0 Å². The Kier molecular flexibility index (Phi) is 1.97. The second kappa shape index (κ2) is 3.14. The number of aromatic nitrogens is 1. The predicted octanol–water partition coefficient (Wildman–Crippen LogP) is 0.195. The lowest BCUT2D eigenvalue weighted by atomic mass is 10.5. The van der Waals surface area contributed by atoms with Crippen LogP contribution in [0.2, 0.25) is 0 Å². The molecule has 0 atom stereocenters. The van der Waals surface area contributed by atoms with E-state index < -0.39 is 0 Å². The Bertz CT molecular complexity index is 320. The lowest BCUT2D eigenvalue weighted by Gasteiger charge is -2.09. The van der Waals surface area contributed by atoms with Crippen LogP contribution in [0.1, 0.15) is 4.88 Å². The highest BCUT2D eigenvalue weighted by Gasteiger charge is 2.28. The highest BCUT2D eigenvalue weighted by molar-refractivity contribution is 7.09. The average molecular weight is 197 g/mol. The molecule has 13 heavy (non-hydrogen) atoms. The van der Waals surface area contributed by atoms with Gasteiger partial charge in [0, 0.05) is 11.1 Å². The summed E-state index contributed by atoms with van der Waals surface area (Å²) in [6.45, 7) is 0.437. The summed E-state index contributed by atoms with van der Waals surface area (Å²) in [5.41, 5.74) is 1.67. The van der Waals surface area contributed by atoms with Crippen molar-refractivity contribution in [2.75, 3.05) is 6.54 Å². The number of amides is 3. The maximum absolute atomic E-state index is 11.1. The van der Waals surface area contributed by atoms with E-state index in [1.54, 1.807) is 11.7 Å². The van der Waals surface area contributed by atoms with Crippen LogP contribution in [0.5, 0.6) is 0 Å². The quantitative estimate of drug-likeness (QED) is 0.689. The number of rotatable bonds is 2. The van der Waals surface area contributed by atoms with Crippen LogP contribution >= 0.6 is 11.3 Å². The number of imide groups is 1. The fourth-order valence-corrected chi connectivity index (χ4v) is 1.67. The fourth-order valence-electron chi connectivity index (χ4n) is 1.09. The second-order valence-electron chi connectivity index (χ2n) is 2.61. The van der Waals surface area contributed by atoms with Crippen molar-refractivity contribution in [3.8, 4) is 0 Å². The fraction of sp³-hybridized carbons (Fsp3) is 0.286. The van der Waals surface area contributed by atoms with Gasteiger partial charge >= 0.3 is 6.03 Å². The van der Waals surface area contributed by atoms with Crippen molar-refractivity contribution in [3.05, 3.63) is 16.6 Å². The minimum Gasteiger partial charge on any atom is -0.329 e. The molecule has 1 aliphatic rings. The molecular weight excluding hydrogens is 190 g/mol. The van der Waals surface area contributed by atoms with Crippen LogP contribution in [0.25, 0.3) is 0 Å². The molecule has 0 saturated carbocycles. The molecule has 68 valence electrons. The van der Waals surface area contributed by atoms with Crippen LogP contribution < -0.4 is 5.32 Å². The molecule has 0 radical (unpaired) electrons. The summed E-state index contributed by atoms with van der Waals surface area (Å²) in [6, 6.07) is -0.321. The lowest BCUT2D eigenvalue weighted by molar-refractivity contribution is -0.125. The molecule has 0 aliphatic carbocycles. The monoisotopic (exact) mass is 197 g/mol. The van der Waals surface area contributed by atoms with Gasteiger partial charge in [-0.25, -0.2) is 4.79 Å². The molecule has 1 aromatic heterocycles. The molecule has 2 rings (SSSR count). The standard InChI is InChI=1S/C7H7N3O2S/c11-6-2-9-7(12)10(6)3-5-1-8-4-13-5/h1,4H,2-3H2,(H,9,12). The van der Waals surface area contributed by atoms with Crippen LogP contribution in [-0.4, -0.2) is 28.4 Å². The Hall–Kier alpha value is -1.43. The van der Waals surface area contributed by atoms with Crippen LogP contribution in [0.4, 0.5) is 4.79 Å². The number of nitrogens with zero attached hydrogens (tertiary/aromatic N) is 2. The molecule has 0 bridgehead atoms. The van der Waals surface area contributed by atoms with Crippen molar-refractivity contribution in [2.45, 2.75) is 6.54 Å². The topological polar surface area (TPSA) is 62.3 Å². The van der Waals surface area contributed by atoms with Gasteiger partial charge in [-0.3, -0.25) is 14.7 Å². The smallest absolute Gasteiger partial charge is 0.324 e. The third-order valence-corrected chi connectivity index (χ3v) is 2.50. The Labute approximate surface area is 78.4 Å². The molecule has 1 aliphatic heterocycles. The highest BCUT2D eigenvalue weighted by Crippen LogP contribution is 2.11. The third kappa shape index (κ3) is 1.52. The van der Waals surface area contributed by atoms with Crippen molar-refractivity contribution in [3.63, 3.8) is 0 Å². The highest BCUT2D eigenvalue weighted by atomic mass is 32.1. The number of carbonyl (C=O) groups excluding carboxylic acids is 2. The Morgan fingerprint density at radius 2 is 2.46 bits per heavy atom. The molecule has 0 unspecified atom stereocenters. The average Bonchev–Trinajstić information content (AvgIpc) is 2.70. The molecule has 1 aromatic rings. The third-order valence-electron chi connectivity index (χ3n) is 1.73. The summed E-state index contributed by atoms with van der Waals surface area (Å²) in [4.78, 5) is 28.2. The summed E-state index contributed by atoms with van der Waals surface area (Å²) in [5, 5.41) is 2.45. The number of hydrogen-bond donors (Lipinski definition) is 1. The zero-order valence-electron chi connectivity index (χ0n) is 6.69. The molecule has 1 fully saturated rings. The molecule has 1 saturated heterocycles. The lowest BCUT2D eigenvalue weighted by Crippen LogP contribution is -2.29. The van der Waals surface area contributed by atoms with E-state index in [1.807, 2.05) is 0 Å². The first kappa shape index (κ1) is 8.18. The summed E-state index contributed by atoms with van der Waals surface area (Å²) in [7, 11) is 0. The number of hydrogen-bond acceptors (Lipinski definition) is 4. The molecule has 1 N–H and O–H groups in total. The van der Waals surface area contributed by atoms with E-state index >= 15 is 0 Å². The van der Waals surface area contributed by atoms with Crippen LogP contribution in [0, 0.1) is 0 Å². The first-order chi connectivity index (χ1) is 6.27. The molecule has 5 nitrogen and oxygen atoms in total. The van der Waals surface area contributed by atoms with Gasteiger partial charge < -0.3 is 5.32 Å². The van der Waals surface area contributed by atoms with E-state index in [9.17, 15) is 9.59 Å². The Balaban J connectivity index is 2.09. The Morgan fingerprint density at radius 1 is 1.62 bits per heavy atom. The van der Waals surface area contributed by atoms with E-state index in [0.717, 1.165) is 4.88 Å². The van der Waals surface area contributed by atoms with E-state index in [1.165, 1.54) is 16.2 Å². The van der Waals surface area contributed by atoms with Crippen LogP contribution in [-0.2, 0) is 11.3 Å². The van der Waals surface area contributed by atoms with Crippen molar-refractivity contribution in [1.29, 1.82) is 0 Å². The molecule has 0 aromatic carbocycles. The van der Waals surface area contributed by atoms with Crippen molar-refractivity contribution >= 4 is 23.3 Å². The summed E-state index contributed by atoms with van der Waals surface area (Å²) in [5.74, 6) is -0.182. The summed E-state index contributed by atoms with van der Waals surface area (Å²) < 4.78 is 0. The Morgan fingerprint density at radius 3 is 3.00 bits per heavy atom. The van der Waals surface area contributed by atoms with Gasteiger partial charge in [0.25, 0.3) is 0 Å². The van der Waals surface area contributed by atoms with E-state index in [4.69, 9.17) is 0 Å². The van der Waals surface area contributed by atoms with Gasteiger partial charge in [0.2, 0.25) is 5.91 Å². The SMILES string of the molecule is O=C1CNC(=O)N1Cc1cncs1. The first-order valence-corrected chi connectivity index (χ1v) is 4.61. The number of nitrogens with one attached hydrogen (secondary N) is 1. The molecular formula is C7H7N3O2S. The second-order valence-corrected chi connectivity index (χ2v) is 3.58. The maximum atomic E-state index is 11.1. The van der Waals surface area contributed by atoms with Gasteiger partial charge in [-0.2, -0.15) is 0 Å². The van der Waals surface area contributed by atoms with Crippen molar-refractivity contribution in [1.82, 2.24) is 15.2 Å². The number of thiazole rings is 1. The zero-order chi connectivity index (χ0) is 9.26. The molecule has 6 heteroatoms. The normalized spacial score (nSPS) is 16.5. The predicted molar refractivity (Wildman–Crippen MR) is 46.1 cm³/mol. The number of urea groups is 1. The van der Waals surface area contributed by atoms with Gasteiger partial charge in [-0.1, -0.05) is 0 Å². The van der Waals surface area contributed by atoms with E-state index in [0.29, 0.717) is 6.54 Å².